The molecule has 0 saturated heterocycles. The van der Waals surface area contributed by atoms with Crippen LogP contribution in [0.5, 0.6) is 0 Å². The third-order valence-corrected chi connectivity index (χ3v) is 6.82. The first kappa shape index (κ1) is 24.3. The number of fused-ring (bicyclic) bond motifs is 3. The highest BCUT2D eigenvalue weighted by molar-refractivity contribution is 5.86. The van der Waals surface area contributed by atoms with E-state index in [1.807, 2.05) is 36.4 Å². The summed E-state index contributed by atoms with van der Waals surface area (Å²) in [5.41, 5.74) is 4.47. The summed E-state index contributed by atoms with van der Waals surface area (Å²) in [4.78, 5) is 36.5. The Kier molecular flexibility index (Phi) is 7.66. The second-order valence-electron chi connectivity index (χ2n) is 9.14. The smallest absolute Gasteiger partial charge is 0.407 e. The van der Waals surface area contributed by atoms with Gasteiger partial charge < -0.3 is 20.5 Å². The van der Waals surface area contributed by atoms with Crippen LogP contribution in [0, 0.1) is 17.2 Å². The van der Waals surface area contributed by atoms with Gasteiger partial charge in [0.25, 0.3) is 0 Å². The molecule has 0 bridgehead atoms. The van der Waals surface area contributed by atoms with Gasteiger partial charge in [0.2, 0.25) is 5.91 Å². The Morgan fingerprint density at radius 1 is 1.03 bits per heavy atom. The predicted molar refractivity (Wildman–Crippen MR) is 128 cm³/mol. The molecule has 1 fully saturated rings. The van der Waals surface area contributed by atoms with Gasteiger partial charge in [-0.1, -0.05) is 48.5 Å². The Labute approximate surface area is 204 Å². The van der Waals surface area contributed by atoms with Crippen molar-refractivity contribution < 1.29 is 24.2 Å². The highest BCUT2D eigenvalue weighted by Crippen LogP contribution is 2.44. The zero-order valence-corrected chi connectivity index (χ0v) is 19.4. The van der Waals surface area contributed by atoms with Crippen LogP contribution in [0.15, 0.2) is 48.5 Å². The largest absolute Gasteiger partial charge is 0.481 e. The molecule has 1 unspecified atom stereocenters. The lowest BCUT2D eigenvalue weighted by Gasteiger charge is -2.34. The number of amides is 2. The molecule has 182 valence electrons. The van der Waals surface area contributed by atoms with Crippen LogP contribution in [0.2, 0.25) is 0 Å². The molecule has 0 spiro atoms. The fraction of sp³-hybridized carbons (Fsp3) is 0.407. The van der Waals surface area contributed by atoms with Crippen LogP contribution in [-0.2, 0) is 14.3 Å². The maximum absolute atomic E-state index is 12.8. The number of carbonyl (C=O) groups is 3. The van der Waals surface area contributed by atoms with Crippen LogP contribution in [-0.4, -0.2) is 41.8 Å². The summed E-state index contributed by atoms with van der Waals surface area (Å²) in [5, 5.41) is 23.3. The number of aliphatic carboxylic acids is 1. The quantitative estimate of drug-likeness (QED) is 0.446. The molecular formula is C27H29N3O5. The first-order valence-electron chi connectivity index (χ1n) is 12.0. The number of carbonyl (C=O) groups excluding carboxylic acids is 2. The monoisotopic (exact) mass is 475 g/mol. The zero-order valence-electron chi connectivity index (χ0n) is 19.4. The Balaban J connectivity index is 1.35. The number of unbranched alkanes of at least 4 members (excludes halogenated alkanes) is 2. The van der Waals surface area contributed by atoms with Crippen LogP contribution < -0.4 is 10.6 Å². The van der Waals surface area contributed by atoms with Gasteiger partial charge in [0.05, 0.1) is 12.0 Å². The number of nitrogens with zero attached hydrogens (tertiary/aromatic N) is 1. The van der Waals surface area contributed by atoms with Crippen LogP contribution in [0.4, 0.5) is 4.79 Å². The number of nitrogens with one attached hydrogen (secondary N) is 2. The molecule has 1 atom stereocenters. The second-order valence-corrected chi connectivity index (χ2v) is 9.14. The molecule has 4 rings (SSSR count). The Bertz CT molecular complexity index is 1090. The van der Waals surface area contributed by atoms with Gasteiger partial charge in [-0.3, -0.25) is 9.59 Å². The van der Waals surface area contributed by atoms with Crippen molar-refractivity contribution in [2.24, 2.45) is 5.92 Å². The van der Waals surface area contributed by atoms with Crippen molar-refractivity contribution in [3.63, 3.8) is 0 Å². The van der Waals surface area contributed by atoms with Crippen molar-refractivity contribution in [3.05, 3.63) is 59.7 Å². The minimum absolute atomic E-state index is 0.0843. The van der Waals surface area contributed by atoms with E-state index in [9.17, 15) is 14.4 Å². The molecule has 2 aromatic rings. The zero-order chi connectivity index (χ0) is 24.8. The van der Waals surface area contributed by atoms with Crippen LogP contribution >= 0.6 is 0 Å². The molecule has 35 heavy (non-hydrogen) atoms. The summed E-state index contributed by atoms with van der Waals surface area (Å²) < 4.78 is 5.58. The molecule has 8 heteroatoms. The summed E-state index contributed by atoms with van der Waals surface area (Å²) in [7, 11) is 0. The van der Waals surface area contributed by atoms with Crippen LogP contribution in [0.25, 0.3) is 11.1 Å². The topological polar surface area (TPSA) is 129 Å². The average Bonchev–Trinajstić information content (AvgIpc) is 3.15. The van der Waals surface area contributed by atoms with E-state index in [-0.39, 0.29) is 24.5 Å². The molecule has 0 radical (unpaired) electrons. The molecule has 8 nitrogen and oxygen atoms in total. The van der Waals surface area contributed by atoms with Gasteiger partial charge in [0.1, 0.15) is 12.6 Å². The van der Waals surface area contributed by atoms with E-state index in [0.717, 1.165) is 22.3 Å². The van der Waals surface area contributed by atoms with E-state index >= 15 is 0 Å². The number of hydrogen-bond acceptors (Lipinski definition) is 5. The van der Waals surface area contributed by atoms with Crippen LogP contribution in [0.1, 0.15) is 55.6 Å². The third-order valence-electron chi connectivity index (χ3n) is 6.82. The number of carboxylic acid groups (broad SMARTS) is 1. The molecular weight excluding hydrogens is 446 g/mol. The van der Waals surface area contributed by atoms with Crippen molar-refractivity contribution in [1.82, 2.24) is 10.6 Å². The minimum atomic E-state index is -0.861. The van der Waals surface area contributed by atoms with Gasteiger partial charge in [-0.2, -0.15) is 5.26 Å². The Morgan fingerprint density at radius 2 is 1.66 bits per heavy atom. The molecule has 2 aromatic carbocycles. The lowest BCUT2D eigenvalue weighted by Crippen LogP contribution is -2.53. The SMILES string of the molecule is N#CCCCCC(NC(=O)OCC1c2ccccc2-c2ccccc21)C(=O)NC1CC(C(=O)O)C1. The van der Waals surface area contributed by atoms with Crippen molar-refractivity contribution in [1.29, 1.82) is 5.26 Å². The molecule has 0 heterocycles. The normalized spacial score (nSPS) is 18.8. The van der Waals surface area contributed by atoms with Crippen LogP contribution in [0.3, 0.4) is 0 Å². The summed E-state index contributed by atoms with van der Waals surface area (Å²) in [6, 6.07) is 17.2. The molecule has 3 N–H and O–H groups in total. The lowest BCUT2D eigenvalue weighted by atomic mass is 9.80. The second kappa shape index (κ2) is 11.0. The molecule has 0 aromatic heterocycles. The van der Waals surface area contributed by atoms with Gasteiger partial charge in [-0.15, -0.1) is 0 Å². The number of hydrogen-bond donors (Lipinski definition) is 3. The van der Waals surface area contributed by atoms with Gasteiger partial charge in [-0.05, 0) is 54.4 Å². The fourth-order valence-electron chi connectivity index (χ4n) is 4.84. The van der Waals surface area contributed by atoms with Crippen molar-refractivity contribution in [3.8, 4) is 17.2 Å². The molecule has 0 aliphatic heterocycles. The Morgan fingerprint density at radius 3 is 2.26 bits per heavy atom. The lowest BCUT2D eigenvalue weighted by molar-refractivity contribution is -0.146. The number of rotatable bonds is 10. The molecule has 2 aliphatic carbocycles. The molecule has 2 aliphatic rings. The number of ether oxygens (including phenoxy) is 1. The molecule has 1 saturated carbocycles. The maximum Gasteiger partial charge on any atom is 0.407 e. The highest BCUT2D eigenvalue weighted by Gasteiger charge is 2.36. The summed E-state index contributed by atoms with van der Waals surface area (Å²) in [6.45, 7) is 0.144. The number of alkyl carbamates (subject to hydrolysis) is 1. The Hall–Kier alpha value is -3.86. The molecule has 2 amide bonds. The van der Waals surface area contributed by atoms with Gasteiger partial charge >= 0.3 is 12.1 Å². The van der Waals surface area contributed by atoms with Crippen molar-refractivity contribution >= 4 is 18.0 Å². The van der Waals surface area contributed by atoms with E-state index in [2.05, 4.69) is 28.8 Å². The maximum atomic E-state index is 12.8. The van der Waals surface area contributed by atoms with Gasteiger partial charge in [0, 0.05) is 18.4 Å². The highest BCUT2D eigenvalue weighted by atomic mass is 16.5. The minimum Gasteiger partial charge on any atom is -0.481 e. The van der Waals surface area contributed by atoms with E-state index in [0.29, 0.717) is 38.5 Å². The summed E-state index contributed by atoms with van der Waals surface area (Å²) in [5.74, 6) is -1.74. The standard InChI is InChI=1S/C27H29N3O5/c28-13-7-1-2-12-24(25(31)29-18-14-17(15-18)26(32)33)30-27(34)35-16-23-21-10-5-3-8-19(21)20-9-4-6-11-22(20)23/h3-6,8-11,17-18,23-24H,1-2,7,12,14-16H2,(H,29,31)(H,30,34)(H,32,33). The number of benzene rings is 2. The van der Waals surface area contributed by atoms with Gasteiger partial charge in [0.15, 0.2) is 0 Å². The van der Waals surface area contributed by atoms with Gasteiger partial charge in [-0.25, -0.2) is 4.79 Å². The number of carboxylic acids is 1. The fourth-order valence-corrected chi connectivity index (χ4v) is 4.84. The summed E-state index contributed by atoms with van der Waals surface area (Å²) in [6.07, 6.45) is 2.05. The van der Waals surface area contributed by atoms with E-state index in [1.54, 1.807) is 0 Å². The summed E-state index contributed by atoms with van der Waals surface area (Å²) >= 11 is 0. The third kappa shape index (κ3) is 5.62. The number of nitriles is 1. The van der Waals surface area contributed by atoms with Crippen molar-refractivity contribution in [2.75, 3.05) is 6.61 Å². The van der Waals surface area contributed by atoms with E-state index in [1.165, 1.54) is 0 Å². The van der Waals surface area contributed by atoms with E-state index in [4.69, 9.17) is 15.1 Å². The van der Waals surface area contributed by atoms with Crippen molar-refractivity contribution in [2.45, 2.75) is 56.5 Å². The average molecular weight is 476 g/mol. The first-order valence-corrected chi connectivity index (χ1v) is 12.0. The first-order chi connectivity index (χ1) is 17.0. The predicted octanol–water partition coefficient (Wildman–Crippen LogP) is 3.96. The van der Waals surface area contributed by atoms with E-state index < -0.39 is 24.0 Å².